The number of carbonyl (C=O) groups is 1. The lowest BCUT2D eigenvalue weighted by Gasteiger charge is -2.33. The molecule has 1 fully saturated rings. The molecule has 0 unspecified atom stereocenters. The van der Waals surface area contributed by atoms with Gasteiger partial charge in [-0.15, -0.1) is 0 Å². The Morgan fingerprint density at radius 3 is 2.51 bits per heavy atom. The van der Waals surface area contributed by atoms with E-state index in [1.807, 2.05) is 0 Å². The Morgan fingerprint density at radius 2 is 1.80 bits per heavy atom. The highest BCUT2D eigenvalue weighted by molar-refractivity contribution is 7.89. The summed E-state index contributed by atoms with van der Waals surface area (Å²) in [5.74, 6) is -0.346. The normalized spacial score (nSPS) is 15.0. The summed E-state index contributed by atoms with van der Waals surface area (Å²) in [5, 5.41) is 10.6. The molecule has 0 spiro atoms. The van der Waals surface area contributed by atoms with E-state index >= 15 is 0 Å². The molecule has 5 rings (SSSR count). The minimum absolute atomic E-state index is 0.0240. The molecule has 0 atom stereocenters. The number of rotatable bonds is 5. The van der Waals surface area contributed by atoms with E-state index in [-0.39, 0.29) is 49.5 Å². The van der Waals surface area contributed by atoms with Crippen LogP contribution in [0.25, 0.3) is 22.2 Å². The maximum Gasteiger partial charge on any atom is 0.291 e. The second-order valence-corrected chi connectivity index (χ2v) is 10.4. The standard InChI is InChI=1S/C23H21ClN6O4S/c24-17-4-5-20-15(10-17)11-21(28-20)35(33,34)30-8-6-29(7-9-30)23(32)22-25-12-16(13-26-22)19-3-1-2-18(14-31)27-19/h1-5,10-13,28,31H,6-9,14H2. The second kappa shape index (κ2) is 9.34. The van der Waals surface area contributed by atoms with Crippen LogP contribution in [0.4, 0.5) is 0 Å². The van der Waals surface area contributed by atoms with Gasteiger partial charge in [-0.05, 0) is 36.4 Å². The molecule has 1 saturated heterocycles. The van der Waals surface area contributed by atoms with Crippen molar-refractivity contribution in [3.8, 4) is 11.3 Å². The Balaban J connectivity index is 1.26. The summed E-state index contributed by atoms with van der Waals surface area (Å²) >= 11 is 6.01. The third kappa shape index (κ3) is 4.63. The Bertz CT molecular complexity index is 1500. The lowest BCUT2D eigenvalue weighted by molar-refractivity contribution is 0.0685. The van der Waals surface area contributed by atoms with Crippen molar-refractivity contribution in [1.82, 2.24) is 29.1 Å². The summed E-state index contributed by atoms with van der Waals surface area (Å²) in [6.07, 6.45) is 3.01. The zero-order valence-electron chi connectivity index (χ0n) is 18.4. The highest BCUT2D eigenvalue weighted by atomic mass is 35.5. The number of nitrogens with zero attached hydrogens (tertiary/aromatic N) is 5. The SMILES string of the molecule is O=C(c1ncc(-c2cccc(CO)n2)cn1)N1CCN(S(=O)(=O)c2cc3cc(Cl)ccc3[nH]2)CC1. The van der Waals surface area contributed by atoms with Gasteiger partial charge in [0, 0.05) is 60.1 Å². The van der Waals surface area contributed by atoms with Gasteiger partial charge >= 0.3 is 0 Å². The molecule has 4 aromatic rings. The predicted octanol–water partition coefficient (Wildman–Crippen LogP) is 2.31. The van der Waals surface area contributed by atoms with Crippen LogP contribution in [0.3, 0.4) is 0 Å². The predicted molar refractivity (Wildman–Crippen MR) is 129 cm³/mol. The fourth-order valence-electron chi connectivity index (χ4n) is 3.93. The van der Waals surface area contributed by atoms with E-state index in [1.54, 1.807) is 42.5 Å². The molecular weight excluding hydrogens is 492 g/mol. The van der Waals surface area contributed by atoms with Crippen LogP contribution >= 0.6 is 11.6 Å². The zero-order chi connectivity index (χ0) is 24.6. The number of benzene rings is 1. The van der Waals surface area contributed by atoms with Gasteiger partial charge in [-0.1, -0.05) is 17.7 Å². The van der Waals surface area contributed by atoms with Crippen LogP contribution in [0, 0.1) is 0 Å². The number of amides is 1. The number of hydrogen-bond acceptors (Lipinski definition) is 7. The first-order chi connectivity index (χ1) is 16.8. The van der Waals surface area contributed by atoms with E-state index in [4.69, 9.17) is 11.6 Å². The van der Waals surface area contributed by atoms with Gasteiger partial charge < -0.3 is 15.0 Å². The monoisotopic (exact) mass is 512 g/mol. The van der Waals surface area contributed by atoms with Gasteiger partial charge in [-0.3, -0.25) is 9.78 Å². The first-order valence-electron chi connectivity index (χ1n) is 10.8. The number of nitrogens with one attached hydrogen (secondary N) is 1. The van der Waals surface area contributed by atoms with Crippen LogP contribution in [0.5, 0.6) is 0 Å². The van der Waals surface area contributed by atoms with Crippen molar-refractivity contribution in [2.45, 2.75) is 11.6 Å². The number of sulfonamides is 1. The minimum atomic E-state index is -3.75. The molecule has 1 aliphatic rings. The average molecular weight is 513 g/mol. The molecule has 4 heterocycles. The number of halogens is 1. The number of aliphatic hydroxyl groups is 1. The summed E-state index contributed by atoms with van der Waals surface area (Å²) in [7, 11) is -3.75. The molecule has 35 heavy (non-hydrogen) atoms. The Hall–Kier alpha value is -3.38. The van der Waals surface area contributed by atoms with Crippen molar-refractivity contribution in [2.24, 2.45) is 0 Å². The summed E-state index contributed by atoms with van der Waals surface area (Å²) in [6.45, 7) is 0.562. The second-order valence-electron chi connectivity index (χ2n) is 8.03. The number of pyridine rings is 1. The van der Waals surface area contributed by atoms with Gasteiger partial charge in [0.05, 0.1) is 18.0 Å². The van der Waals surface area contributed by atoms with Crippen molar-refractivity contribution >= 4 is 38.4 Å². The number of fused-ring (bicyclic) bond motifs is 1. The molecule has 0 aliphatic carbocycles. The quantitative estimate of drug-likeness (QED) is 0.419. The number of aliphatic hydroxyl groups excluding tert-OH is 1. The largest absolute Gasteiger partial charge is 0.390 e. The molecular formula is C23H21ClN6O4S. The maximum absolute atomic E-state index is 13.1. The van der Waals surface area contributed by atoms with Gasteiger partial charge in [0.25, 0.3) is 15.9 Å². The number of H-pyrrole nitrogens is 1. The minimum Gasteiger partial charge on any atom is -0.390 e. The summed E-state index contributed by atoms with van der Waals surface area (Å²) in [6, 6.07) is 11.9. The Kier molecular flexibility index (Phi) is 6.24. The van der Waals surface area contributed by atoms with Crippen LogP contribution in [-0.2, 0) is 16.6 Å². The van der Waals surface area contributed by atoms with Gasteiger partial charge in [0.2, 0.25) is 5.82 Å². The molecule has 3 aromatic heterocycles. The summed E-state index contributed by atoms with van der Waals surface area (Å²) in [4.78, 5) is 30.0. The van der Waals surface area contributed by atoms with Gasteiger partial charge in [-0.2, -0.15) is 4.31 Å². The van der Waals surface area contributed by atoms with E-state index < -0.39 is 10.0 Å². The van der Waals surface area contributed by atoms with E-state index in [1.165, 1.54) is 21.6 Å². The van der Waals surface area contributed by atoms with Crippen molar-refractivity contribution in [2.75, 3.05) is 26.2 Å². The molecule has 0 bridgehead atoms. The van der Waals surface area contributed by atoms with Gasteiger partial charge in [0.1, 0.15) is 5.03 Å². The summed E-state index contributed by atoms with van der Waals surface area (Å²) < 4.78 is 27.6. The molecule has 0 saturated carbocycles. The van der Waals surface area contributed by atoms with Crippen molar-refractivity contribution in [1.29, 1.82) is 0 Å². The molecule has 1 amide bonds. The summed E-state index contributed by atoms with van der Waals surface area (Å²) in [5.41, 5.74) is 2.41. The third-order valence-electron chi connectivity index (χ3n) is 5.81. The molecule has 2 N–H and O–H groups in total. The number of carbonyl (C=O) groups excluding carboxylic acids is 1. The molecule has 10 nitrogen and oxygen atoms in total. The highest BCUT2D eigenvalue weighted by Crippen LogP contribution is 2.25. The van der Waals surface area contributed by atoms with Crippen LogP contribution in [0.2, 0.25) is 5.02 Å². The lowest BCUT2D eigenvalue weighted by atomic mass is 10.2. The molecule has 180 valence electrons. The number of aromatic nitrogens is 4. The van der Waals surface area contributed by atoms with E-state index in [2.05, 4.69) is 19.9 Å². The van der Waals surface area contributed by atoms with Gasteiger partial charge in [0.15, 0.2) is 0 Å². The molecule has 12 heteroatoms. The third-order valence-corrected chi connectivity index (χ3v) is 7.87. The van der Waals surface area contributed by atoms with E-state index in [0.717, 1.165) is 0 Å². The molecule has 1 aliphatic heterocycles. The maximum atomic E-state index is 13.1. The molecule has 0 radical (unpaired) electrons. The van der Waals surface area contributed by atoms with Gasteiger partial charge in [-0.25, -0.2) is 18.4 Å². The van der Waals surface area contributed by atoms with Crippen LogP contribution < -0.4 is 0 Å². The van der Waals surface area contributed by atoms with Crippen molar-refractivity contribution in [3.63, 3.8) is 0 Å². The smallest absolute Gasteiger partial charge is 0.291 e. The molecule has 1 aromatic carbocycles. The van der Waals surface area contributed by atoms with Crippen molar-refractivity contribution < 1.29 is 18.3 Å². The number of piperazine rings is 1. The van der Waals surface area contributed by atoms with E-state index in [9.17, 15) is 18.3 Å². The lowest BCUT2D eigenvalue weighted by Crippen LogP contribution is -2.50. The zero-order valence-corrected chi connectivity index (χ0v) is 20.0. The van der Waals surface area contributed by atoms with Crippen LogP contribution in [0.1, 0.15) is 16.3 Å². The Morgan fingerprint density at radius 1 is 1.06 bits per heavy atom. The number of aromatic amines is 1. The fraction of sp³-hybridized carbons (Fsp3) is 0.217. The van der Waals surface area contributed by atoms with E-state index in [0.29, 0.717) is 32.9 Å². The Labute approximate surface area is 206 Å². The topological polar surface area (TPSA) is 132 Å². The number of hydrogen-bond donors (Lipinski definition) is 2. The highest BCUT2D eigenvalue weighted by Gasteiger charge is 2.32. The van der Waals surface area contributed by atoms with Crippen molar-refractivity contribution in [3.05, 3.63) is 71.4 Å². The van der Waals surface area contributed by atoms with Crippen LogP contribution in [-0.4, -0.2) is 74.8 Å². The first-order valence-corrected chi connectivity index (χ1v) is 12.6. The van der Waals surface area contributed by atoms with Crippen LogP contribution in [0.15, 0.2) is 59.9 Å². The average Bonchev–Trinajstić information content (AvgIpc) is 3.33. The first kappa shape index (κ1) is 23.4. The fourth-order valence-corrected chi connectivity index (χ4v) is 5.54.